The van der Waals surface area contributed by atoms with Gasteiger partial charge in [-0.15, -0.1) is 11.3 Å². The molecule has 2 amide bonds. The van der Waals surface area contributed by atoms with Crippen LogP contribution in [0.5, 0.6) is 11.5 Å². The summed E-state index contributed by atoms with van der Waals surface area (Å²) in [7, 11) is 0. The Morgan fingerprint density at radius 3 is 2.65 bits per heavy atom. The molecular weight excluding hydrogens is 414 g/mol. The number of aryl methyl sites for hydroxylation is 1. The molecule has 0 atom stereocenters. The monoisotopic (exact) mass is 433 g/mol. The summed E-state index contributed by atoms with van der Waals surface area (Å²) in [5.74, 6) is 0.259. The number of ether oxygens (including phenoxy) is 2. The van der Waals surface area contributed by atoms with Crippen molar-refractivity contribution in [3.05, 3.63) is 87.2 Å². The van der Waals surface area contributed by atoms with Crippen LogP contribution >= 0.6 is 11.3 Å². The third-order valence-electron chi connectivity index (χ3n) is 4.49. The van der Waals surface area contributed by atoms with E-state index in [4.69, 9.17) is 9.47 Å². The number of nitrogens with one attached hydrogen (secondary N) is 2. The first-order valence-corrected chi connectivity index (χ1v) is 10.3. The standard InChI is InChI=1S/C23H19N3O4S/c1-15-9-10-31-21(15)13-24-26-23(28)18(25-22(27)17-5-3-2-4-6-17)11-16-7-8-19-20(12-16)30-14-29-19/h2-13H,14H2,1H3,(H,25,27)(H,26,28)/b18-11+,24-13+. The molecule has 156 valence electrons. The van der Waals surface area contributed by atoms with Crippen LogP contribution in [0, 0.1) is 6.92 Å². The minimum atomic E-state index is -0.549. The molecule has 1 aliphatic rings. The van der Waals surface area contributed by atoms with Gasteiger partial charge >= 0.3 is 0 Å². The Labute approximate surface area is 183 Å². The van der Waals surface area contributed by atoms with Crippen molar-refractivity contribution >= 4 is 35.4 Å². The van der Waals surface area contributed by atoms with E-state index in [9.17, 15) is 9.59 Å². The fourth-order valence-electron chi connectivity index (χ4n) is 2.84. The summed E-state index contributed by atoms with van der Waals surface area (Å²) >= 11 is 1.52. The van der Waals surface area contributed by atoms with Gasteiger partial charge in [-0.3, -0.25) is 9.59 Å². The van der Waals surface area contributed by atoms with Gasteiger partial charge in [0.25, 0.3) is 11.8 Å². The van der Waals surface area contributed by atoms with Crippen LogP contribution in [0.3, 0.4) is 0 Å². The van der Waals surface area contributed by atoms with Gasteiger partial charge in [0.15, 0.2) is 11.5 Å². The Morgan fingerprint density at radius 2 is 1.87 bits per heavy atom. The molecule has 2 heterocycles. The van der Waals surface area contributed by atoms with Crippen LogP contribution in [0.1, 0.15) is 26.4 Å². The molecule has 0 saturated carbocycles. The van der Waals surface area contributed by atoms with Crippen molar-refractivity contribution < 1.29 is 19.1 Å². The molecule has 2 aromatic carbocycles. The fraction of sp³-hybridized carbons (Fsp3) is 0.0870. The normalized spacial score (nSPS) is 12.7. The Kier molecular flexibility index (Phi) is 6.09. The molecule has 8 heteroatoms. The number of amides is 2. The summed E-state index contributed by atoms with van der Waals surface area (Å²) in [4.78, 5) is 26.4. The van der Waals surface area contributed by atoms with Crippen molar-refractivity contribution in [1.82, 2.24) is 10.7 Å². The van der Waals surface area contributed by atoms with Gasteiger partial charge in [0, 0.05) is 10.4 Å². The molecular formula is C23H19N3O4S. The number of benzene rings is 2. The van der Waals surface area contributed by atoms with Gasteiger partial charge in [0.05, 0.1) is 6.21 Å². The fourth-order valence-corrected chi connectivity index (χ4v) is 3.62. The highest BCUT2D eigenvalue weighted by Gasteiger charge is 2.16. The molecule has 0 aliphatic carbocycles. The summed E-state index contributed by atoms with van der Waals surface area (Å²) in [6.45, 7) is 2.11. The van der Waals surface area contributed by atoms with E-state index in [1.165, 1.54) is 11.3 Å². The van der Waals surface area contributed by atoms with E-state index in [0.717, 1.165) is 10.4 Å². The summed E-state index contributed by atoms with van der Waals surface area (Å²) in [5.41, 5.74) is 4.69. The first-order chi connectivity index (χ1) is 15.1. The van der Waals surface area contributed by atoms with E-state index in [1.54, 1.807) is 54.8 Å². The minimum absolute atomic E-state index is 0.0489. The van der Waals surface area contributed by atoms with E-state index >= 15 is 0 Å². The van der Waals surface area contributed by atoms with Crippen LogP contribution in [-0.4, -0.2) is 24.8 Å². The van der Waals surface area contributed by atoms with Gasteiger partial charge < -0.3 is 14.8 Å². The van der Waals surface area contributed by atoms with Gasteiger partial charge in [-0.05, 0) is 59.8 Å². The number of thiophene rings is 1. The third-order valence-corrected chi connectivity index (χ3v) is 5.44. The SMILES string of the molecule is Cc1ccsc1/C=N/NC(=O)/C(=C\c1ccc2c(c1)OCO2)NC(=O)c1ccccc1. The number of rotatable bonds is 6. The van der Waals surface area contributed by atoms with Gasteiger partial charge in [0.1, 0.15) is 5.70 Å². The Morgan fingerprint density at radius 1 is 1.06 bits per heavy atom. The van der Waals surface area contributed by atoms with E-state index in [0.29, 0.717) is 22.6 Å². The topological polar surface area (TPSA) is 89.0 Å². The largest absolute Gasteiger partial charge is 0.454 e. The van der Waals surface area contributed by atoms with E-state index in [2.05, 4.69) is 15.8 Å². The van der Waals surface area contributed by atoms with Gasteiger partial charge in [-0.2, -0.15) is 5.10 Å². The van der Waals surface area contributed by atoms with Crippen LogP contribution in [0.2, 0.25) is 0 Å². The number of carbonyl (C=O) groups excluding carboxylic acids is 2. The molecule has 0 spiro atoms. The van der Waals surface area contributed by atoms with E-state index in [1.807, 2.05) is 24.4 Å². The second-order valence-corrected chi connectivity index (χ2v) is 7.61. The summed E-state index contributed by atoms with van der Waals surface area (Å²) in [6, 6.07) is 15.9. The smallest absolute Gasteiger partial charge is 0.287 e. The van der Waals surface area contributed by atoms with Gasteiger partial charge in [0.2, 0.25) is 6.79 Å². The van der Waals surface area contributed by atoms with Crippen molar-refractivity contribution in [1.29, 1.82) is 0 Å². The highest BCUT2D eigenvalue weighted by atomic mass is 32.1. The van der Waals surface area contributed by atoms with Crippen molar-refractivity contribution in [2.45, 2.75) is 6.92 Å². The van der Waals surface area contributed by atoms with Crippen molar-refractivity contribution in [2.24, 2.45) is 5.10 Å². The first-order valence-electron chi connectivity index (χ1n) is 9.45. The van der Waals surface area contributed by atoms with Crippen LogP contribution in [0.4, 0.5) is 0 Å². The molecule has 0 fully saturated rings. The quantitative estimate of drug-likeness (QED) is 0.352. The summed E-state index contributed by atoms with van der Waals surface area (Å²) in [5, 5.41) is 8.64. The van der Waals surface area contributed by atoms with Crippen LogP contribution in [0.15, 0.2) is 70.8 Å². The Balaban J connectivity index is 1.57. The lowest BCUT2D eigenvalue weighted by Gasteiger charge is -2.09. The predicted molar refractivity (Wildman–Crippen MR) is 119 cm³/mol. The Bertz CT molecular complexity index is 1170. The maximum absolute atomic E-state index is 12.8. The highest BCUT2D eigenvalue weighted by Crippen LogP contribution is 2.33. The minimum Gasteiger partial charge on any atom is -0.454 e. The number of hydrogen-bond acceptors (Lipinski definition) is 6. The zero-order valence-corrected chi connectivity index (χ0v) is 17.4. The molecule has 0 bridgehead atoms. The maximum atomic E-state index is 12.8. The van der Waals surface area contributed by atoms with Crippen LogP contribution in [-0.2, 0) is 4.79 Å². The second-order valence-electron chi connectivity index (χ2n) is 6.66. The number of nitrogens with zero attached hydrogens (tertiary/aromatic N) is 1. The first kappa shape index (κ1) is 20.4. The zero-order valence-electron chi connectivity index (χ0n) is 16.6. The van der Waals surface area contributed by atoms with Gasteiger partial charge in [-0.25, -0.2) is 5.43 Å². The average Bonchev–Trinajstić information content (AvgIpc) is 3.42. The van der Waals surface area contributed by atoms with Crippen LogP contribution in [0.25, 0.3) is 6.08 Å². The van der Waals surface area contributed by atoms with E-state index < -0.39 is 11.8 Å². The van der Waals surface area contributed by atoms with Crippen molar-refractivity contribution in [3.63, 3.8) is 0 Å². The maximum Gasteiger partial charge on any atom is 0.287 e. The molecule has 0 unspecified atom stereocenters. The lowest BCUT2D eigenvalue weighted by Crippen LogP contribution is -2.32. The molecule has 31 heavy (non-hydrogen) atoms. The van der Waals surface area contributed by atoms with Crippen LogP contribution < -0.4 is 20.2 Å². The molecule has 3 aromatic rings. The summed E-state index contributed by atoms with van der Waals surface area (Å²) in [6.07, 6.45) is 3.14. The lowest BCUT2D eigenvalue weighted by molar-refractivity contribution is -0.117. The third kappa shape index (κ3) is 4.99. The molecule has 4 rings (SSSR count). The zero-order chi connectivity index (χ0) is 21.6. The predicted octanol–water partition coefficient (Wildman–Crippen LogP) is 3.71. The Hall–Kier alpha value is -3.91. The second kappa shape index (κ2) is 9.27. The van der Waals surface area contributed by atoms with Crippen molar-refractivity contribution in [2.75, 3.05) is 6.79 Å². The summed E-state index contributed by atoms with van der Waals surface area (Å²) < 4.78 is 10.7. The van der Waals surface area contributed by atoms with Gasteiger partial charge in [-0.1, -0.05) is 24.3 Å². The molecule has 0 radical (unpaired) electrons. The number of fused-ring (bicyclic) bond motifs is 1. The molecule has 1 aliphatic heterocycles. The molecule has 0 saturated heterocycles. The lowest BCUT2D eigenvalue weighted by atomic mass is 10.1. The van der Waals surface area contributed by atoms with Crippen molar-refractivity contribution in [3.8, 4) is 11.5 Å². The molecule has 1 aromatic heterocycles. The number of hydrogen-bond donors (Lipinski definition) is 2. The number of carbonyl (C=O) groups is 2. The number of hydrazone groups is 1. The molecule has 2 N–H and O–H groups in total. The van der Waals surface area contributed by atoms with E-state index in [-0.39, 0.29) is 12.5 Å². The highest BCUT2D eigenvalue weighted by molar-refractivity contribution is 7.11. The average molecular weight is 433 g/mol. The molecule has 7 nitrogen and oxygen atoms in total.